The standard InChI is InChI=1S/C19H12F2N4O2/c1-11-18(12-2-5-14(20)6-3-12)19-22-9-8-16(24(19)23-11)13-4-7-15(21)17(10-13)25(26)27/h2-10H,1H3. The van der Waals surface area contributed by atoms with E-state index in [9.17, 15) is 18.9 Å². The number of hydrogen-bond donors (Lipinski definition) is 0. The first kappa shape index (κ1) is 16.8. The monoisotopic (exact) mass is 366 g/mol. The highest BCUT2D eigenvalue weighted by molar-refractivity contribution is 5.81. The third kappa shape index (κ3) is 2.80. The van der Waals surface area contributed by atoms with Crippen LogP contribution >= 0.6 is 0 Å². The highest BCUT2D eigenvalue weighted by atomic mass is 19.1. The molecule has 0 saturated carbocycles. The van der Waals surface area contributed by atoms with Gasteiger partial charge in [-0.25, -0.2) is 13.9 Å². The van der Waals surface area contributed by atoms with Gasteiger partial charge in [0.15, 0.2) is 5.65 Å². The molecule has 0 unspecified atom stereocenters. The summed E-state index contributed by atoms with van der Waals surface area (Å²) in [6.45, 7) is 1.80. The number of rotatable bonds is 3. The molecule has 4 aromatic rings. The van der Waals surface area contributed by atoms with Gasteiger partial charge in [0.25, 0.3) is 0 Å². The number of fused-ring (bicyclic) bond motifs is 1. The zero-order chi connectivity index (χ0) is 19.1. The van der Waals surface area contributed by atoms with Crippen LogP contribution in [-0.2, 0) is 0 Å². The van der Waals surface area contributed by atoms with Crippen LogP contribution in [0.2, 0.25) is 0 Å². The molecular formula is C19H12F2N4O2. The average Bonchev–Trinajstić information content (AvgIpc) is 2.98. The molecule has 0 N–H and O–H groups in total. The Kier molecular flexibility index (Phi) is 3.88. The van der Waals surface area contributed by atoms with Crippen molar-refractivity contribution in [2.24, 2.45) is 0 Å². The Bertz CT molecular complexity index is 1190. The second kappa shape index (κ2) is 6.24. The molecule has 0 radical (unpaired) electrons. The fourth-order valence-electron chi connectivity index (χ4n) is 3.04. The van der Waals surface area contributed by atoms with Gasteiger partial charge in [0, 0.05) is 23.4 Å². The quantitative estimate of drug-likeness (QED) is 0.394. The minimum absolute atomic E-state index is 0.347. The average molecular weight is 366 g/mol. The summed E-state index contributed by atoms with van der Waals surface area (Å²) in [5.41, 5.74) is 3.01. The second-order valence-corrected chi connectivity index (χ2v) is 5.96. The number of aromatic nitrogens is 3. The third-order valence-electron chi connectivity index (χ3n) is 4.26. The molecule has 8 heteroatoms. The molecule has 0 aliphatic rings. The number of benzene rings is 2. The highest BCUT2D eigenvalue weighted by Gasteiger charge is 2.19. The second-order valence-electron chi connectivity index (χ2n) is 5.96. The van der Waals surface area contributed by atoms with Crippen molar-refractivity contribution in [1.29, 1.82) is 0 Å². The zero-order valence-corrected chi connectivity index (χ0v) is 14.1. The van der Waals surface area contributed by atoms with Gasteiger partial charge in [-0.1, -0.05) is 12.1 Å². The van der Waals surface area contributed by atoms with Crippen LogP contribution in [0.1, 0.15) is 5.69 Å². The molecule has 0 bridgehead atoms. The van der Waals surface area contributed by atoms with E-state index >= 15 is 0 Å². The number of aryl methyl sites for hydroxylation is 1. The van der Waals surface area contributed by atoms with Crippen molar-refractivity contribution in [3.63, 3.8) is 0 Å². The van der Waals surface area contributed by atoms with Crippen LogP contribution in [0.4, 0.5) is 14.5 Å². The van der Waals surface area contributed by atoms with Crippen LogP contribution in [0.3, 0.4) is 0 Å². The van der Waals surface area contributed by atoms with E-state index in [1.807, 2.05) is 0 Å². The lowest BCUT2D eigenvalue weighted by atomic mass is 10.1. The van der Waals surface area contributed by atoms with Gasteiger partial charge < -0.3 is 0 Å². The molecule has 27 heavy (non-hydrogen) atoms. The maximum absolute atomic E-state index is 13.7. The molecule has 4 rings (SSSR count). The first-order chi connectivity index (χ1) is 13.0. The van der Waals surface area contributed by atoms with Crippen molar-refractivity contribution in [3.8, 4) is 22.4 Å². The van der Waals surface area contributed by atoms with Crippen LogP contribution in [0.5, 0.6) is 0 Å². The van der Waals surface area contributed by atoms with E-state index < -0.39 is 16.4 Å². The summed E-state index contributed by atoms with van der Waals surface area (Å²) in [6.07, 6.45) is 1.55. The molecule has 2 aromatic heterocycles. The van der Waals surface area contributed by atoms with E-state index in [0.29, 0.717) is 22.6 Å². The smallest absolute Gasteiger partial charge is 0.258 e. The van der Waals surface area contributed by atoms with Gasteiger partial charge in [-0.05, 0) is 42.8 Å². The van der Waals surface area contributed by atoms with E-state index in [-0.39, 0.29) is 5.82 Å². The molecule has 0 amide bonds. The van der Waals surface area contributed by atoms with Crippen molar-refractivity contribution in [1.82, 2.24) is 14.6 Å². The molecule has 6 nitrogen and oxygen atoms in total. The summed E-state index contributed by atoms with van der Waals surface area (Å²) in [4.78, 5) is 14.6. The maximum atomic E-state index is 13.7. The topological polar surface area (TPSA) is 73.3 Å². The highest BCUT2D eigenvalue weighted by Crippen LogP contribution is 2.31. The molecule has 0 saturated heterocycles. The molecular weight excluding hydrogens is 354 g/mol. The summed E-state index contributed by atoms with van der Waals surface area (Å²) in [5, 5.41) is 15.5. The zero-order valence-electron chi connectivity index (χ0n) is 14.1. The third-order valence-corrected chi connectivity index (χ3v) is 4.26. The Hall–Kier alpha value is -3.68. The Labute approximate surface area is 151 Å². The molecule has 0 atom stereocenters. The Morgan fingerprint density at radius 2 is 1.74 bits per heavy atom. The lowest BCUT2D eigenvalue weighted by Crippen LogP contribution is -1.98. The molecule has 2 aromatic carbocycles. The summed E-state index contributed by atoms with van der Waals surface area (Å²) < 4.78 is 28.5. The lowest BCUT2D eigenvalue weighted by Gasteiger charge is -2.06. The van der Waals surface area contributed by atoms with E-state index in [1.165, 1.54) is 24.3 Å². The SMILES string of the molecule is Cc1nn2c(-c3ccc(F)c([N+](=O)[O-])c3)ccnc2c1-c1ccc(F)cc1. The van der Waals surface area contributed by atoms with E-state index in [0.717, 1.165) is 17.2 Å². The summed E-state index contributed by atoms with van der Waals surface area (Å²) in [7, 11) is 0. The summed E-state index contributed by atoms with van der Waals surface area (Å²) in [5.74, 6) is -1.25. The van der Waals surface area contributed by atoms with Crippen molar-refractivity contribution >= 4 is 11.3 Å². The summed E-state index contributed by atoms with van der Waals surface area (Å²) in [6, 6.07) is 11.3. The van der Waals surface area contributed by atoms with Crippen LogP contribution in [0.25, 0.3) is 28.0 Å². The molecule has 2 heterocycles. The van der Waals surface area contributed by atoms with Crippen LogP contribution in [-0.4, -0.2) is 19.5 Å². The number of nitro benzene ring substituents is 1. The Morgan fingerprint density at radius 3 is 2.44 bits per heavy atom. The van der Waals surface area contributed by atoms with Crippen molar-refractivity contribution < 1.29 is 13.7 Å². The van der Waals surface area contributed by atoms with Crippen LogP contribution < -0.4 is 0 Å². The fraction of sp³-hybridized carbons (Fsp3) is 0.0526. The van der Waals surface area contributed by atoms with E-state index in [1.54, 1.807) is 35.8 Å². The van der Waals surface area contributed by atoms with Gasteiger partial charge in [-0.15, -0.1) is 0 Å². The largest absolute Gasteiger partial charge is 0.305 e. The van der Waals surface area contributed by atoms with Crippen LogP contribution in [0, 0.1) is 28.7 Å². The Morgan fingerprint density at radius 1 is 1.04 bits per heavy atom. The fourth-order valence-corrected chi connectivity index (χ4v) is 3.04. The minimum atomic E-state index is -0.905. The minimum Gasteiger partial charge on any atom is -0.258 e. The van der Waals surface area contributed by atoms with Gasteiger partial charge in [-0.3, -0.25) is 10.1 Å². The van der Waals surface area contributed by atoms with Gasteiger partial charge in [0.05, 0.1) is 16.3 Å². The summed E-state index contributed by atoms with van der Waals surface area (Å²) >= 11 is 0. The molecule has 0 aliphatic heterocycles. The normalized spacial score (nSPS) is 11.1. The predicted octanol–water partition coefficient (Wildman–Crippen LogP) is 4.56. The van der Waals surface area contributed by atoms with Gasteiger partial charge in [-0.2, -0.15) is 9.49 Å². The van der Waals surface area contributed by atoms with Crippen molar-refractivity contribution in [2.45, 2.75) is 6.92 Å². The van der Waals surface area contributed by atoms with Gasteiger partial charge in [0.1, 0.15) is 5.82 Å². The first-order valence-corrected chi connectivity index (χ1v) is 8.00. The molecule has 0 aliphatic carbocycles. The number of nitro groups is 1. The maximum Gasteiger partial charge on any atom is 0.305 e. The number of halogens is 2. The number of nitrogens with zero attached hydrogens (tertiary/aromatic N) is 4. The molecule has 0 fully saturated rings. The number of hydrogen-bond acceptors (Lipinski definition) is 4. The van der Waals surface area contributed by atoms with Crippen molar-refractivity contribution in [3.05, 3.63) is 82.2 Å². The molecule has 0 spiro atoms. The van der Waals surface area contributed by atoms with E-state index in [2.05, 4.69) is 10.1 Å². The predicted molar refractivity (Wildman–Crippen MR) is 95.2 cm³/mol. The van der Waals surface area contributed by atoms with E-state index in [4.69, 9.17) is 0 Å². The van der Waals surface area contributed by atoms with Gasteiger partial charge >= 0.3 is 5.69 Å². The van der Waals surface area contributed by atoms with Gasteiger partial charge in [0.2, 0.25) is 5.82 Å². The Balaban J connectivity index is 1.94. The van der Waals surface area contributed by atoms with Crippen LogP contribution in [0.15, 0.2) is 54.7 Å². The first-order valence-electron chi connectivity index (χ1n) is 8.00. The lowest BCUT2D eigenvalue weighted by molar-refractivity contribution is -0.387. The van der Waals surface area contributed by atoms with Crippen molar-refractivity contribution in [2.75, 3.05) is 0 Å². The molecule has 134 valence electrons.